The Morgan fingerprint density at radius 1 is 1.47 bits per heavy atom. The number of carboxylic acids is 1. The van der Waals surface area contributed by atoms with Crippen LogP contribution in [0.25, 0.3) is 0 Å². The molecule has 0 amide bonds. The van der Waals surface area contributed by atoms with Gasteiger partial charge in [0.15, 0.2) is 0 Å². The van der Waals surface area contributed by atoms with E-state index in [0.29, 0.717) is 13.0 Å². The molecule has 0 spiro atoms. The fourth-order valence-electron chi connectivity index (χ4n) is 1.35. The second-order valence-electron chi connectivity index (χ2n) is 3.77. The monoisotopic (exact) mass is 307 g/mol. The van der Waals surface area contributed by atoms with Gasteiger partial charge in [-0.25, -0.2) is 13.2 Å². The minimum absolute atomic E-state index is 0.0426. The smallest absolute Gasteiger partial charge is 0.335 e. The van der Waals surface area contributed by atoms with Gasteiger partial charge < -0.3 is 9.84 Å². The first kappa shape index (κ1) is 15.7. The average Bonchev–Trinajstić information content (AvgIpc) is 2.31. The van der Waals surface area contributed by atoms with Gasteiger partial charge in [-0.2, -0.15) is 0 Å². The fraction of sp³-hybridized carbons (Fsp3) is 0.364. The van der Waals surface area contributed by atoms with Crippen molar-refractivity contribution in [3.05, 3.63) is 28.8 Å². The molecule has 0 unspecified atom stereocenters. The van der Waals surface area contributed by atoms with Crippen molar-refractivity contribution in [3.8, 4) is 0 Å². The van der Waals surface area contributed by atoms with Crippen molar-refractivity contribution in [3.63, 3.8) is 0 Å². The van der Waals surface area contributed by atoms with E-state index in [0.717, 1.165) is 0 Å². The Balaban J connectivity index is 2.86. The maximum absolute atomic E-state index is 11.7. The van der Waals surface area contributed by atoms with Crippen molar-refractivity contribution >= 4 is 33.3 Å². The van der Waals surface area contributed by atoms with Crippen LogP contribution in [0.3, 0.4) is 0 Å². The quantitative estimate of drug-likeness (QED) is 0.749. The number of ether oxygens (including phenoxy) is 1. The van der Waals surface area contributed by atoms with Crippen molar-refractivity contribution in [2.45, 2.75) is 6.42 Å². The van der Waals surface area contributed by atoms with Gasteiger partial charge in [0.1, 0.15) is 0 Å². The maximum Gasteiger partial charge on any atom is 0.335 e. The Morgan fingerprint density at radius 2 is 2.16 bits per heavy atom. The topological polar surface area (TPSA) is 92.7 Å². The van der Waals surface area contributed by atoms with Crippen LogP contribution in [0.5, 0.6) is 0 Å². The van der Waals surface area contributed by atoms with E-state index in [1.165, 1.54) is 25.3 Å². The van der Waals surface area contributed by atoms with Gasteiger partial charge in [0.05, 0.1) is 22.0 Å². The molecule has 0 bridgehead atoms. The number of nitrogens with one attached hydrogen (secondary N) is 1. The number of halogens is 1. The van der Waals surface area contributed by atoms with E-state index in [1.54, 1.807) is 0 Å². The van der Waals surface area contributed by atoms with Gasteiger partial charge in [-0.15, -0.1) is 0 Å². The first-order valence-electron chi connectivity index (χ1n) is 5.38. The van der Waals surface area contributed by atoms with Crippen molar-refractivity contribution in [1.29, 1.82) is 0 Å². The molecule has 0 aliphatic heterocycles. The molecule has 106 valence electrons. The Labute approximate surface area is 116 Å². The summed E-state index contributed by atoms with van der Waals surface area (Å²) >= 11 is 5.82. The molecule has 0 radical (unpaired) electrons. The van der Waals surface area contributed by atoms with Crippen molar-refractivity contribution in [2.24, 2.45) is 0 Å². The summed E-state index contributed by atoms with van der Waals surface area (Å²) in [5, 5.41) is 8.97. The van der Waals surface area contributed by atoms with E-state index in [2.05, 4.69) is 4.72 Å². The van der Waals surface area contributed by atoms with Gasteiger partial charge in [-0.3, -0.25) is 4.72 Å². The summed E-state index contributed by atoms with van der Waals surface area (Å²) in [7, 11) is -2.10. The second-order valence-corrected chi connectivity index (χ2v) is 6.02. The molecule has 0 saturated carbocycles. The lowest BCUT2D eigenvalue weighted by Crippen LogP contribution is -2.18. The fourth-order valence-corrected chi connectivity index (χ4v) is 2.67. The molecule has 0 saturated heterocycles. The Kier molecular flexibility index (Phi) is 5.59. The molecular formula is C11H14ClNO5S. The molecule has 1 aromatic rings. The number of carbonyl (C=O) groups is 1. The van der Waals surface area contributed by atoms with Crippen LogP contribution in [0.1, 0.15) is 16.8 Å². The molecular weight excluding hydrogens is 294 g/mol. The normalized spacial score (nSPS) is 11.3. The van der Waals surface area contributed by atoms with E-state index < -0.39 is 16.0 Å². The Hall–Kier alpha value is -1.31. The highest BCUT2D eigenvalue weighted by molar-refractivity contribution is 7.92. The van der Waals surface area contributed by atoms with Gasteiger partial charge in [0, 0.05) is 13.7 Å². The number of sulfonamides is 1. The lowest BCUT2D eigenvalue weighted by Gasteiger charge is -2.10. The molecule has 8 heteroatoms. The SMILES string of the molecule is COCCCS(=O)(=O)Nc1cc(C(=O)O)ccc1Cl. The number of benzene rings is 1. The van der Waals surface area contributed by atoms with Crippen molar-refractivity contribution in [2.75, 3.05) is 24.2 Å². The molecule has 6 nitrogen and oxygen atoms in total. The van der Waals surface area contributed by atoms with Crippen LogP contribution in [-0.4, -0.2) is 39.0 Å². The molecule has 1 rings (SSSR count). The van der Waals surface area contributed by atoms with Crippen LogP contribution < -0.4 is 4.72 Å². The van der Waals surface area contributed by atoms with Crippen LogP contribution in [0.4, 0.5) is 5.69 Å². The molecule has 0 aliphatic rings. The number of anilines is 1. The van der Waals surface area contributed by atoms with Crippen LogP contribution in [0, 0.1) is 0 Å². The van der Waals surface area contributed by atoms with Crippen LogP contribution in [0.2, 0.25) is 5.02 Å². The van der Waals surface area contributed by atoms with Crippen molar-refractivity contribution < 1.29 is 23.1 Å². The number of rotatable bonds is 7. The number of aromatic carboxylic acids is 1. The predicted octanol–water partition coefficient (Wildman–Crippen LogP) is 1.82. The zero-order valence-corrected chi connectivity index (χ0v) is 11.8. The summed E-state index contributed by atoms with van der Waals surface area (Å²) in [5.74, 6) is -1.29. The highest BCUT2D eigenvalue weighted by atomic mass is 35.5. The van der Waals surface area contributed by atoms with Gasteiger partial charge >= 0.3 is 5.97 Å². The van der Waals surface area contributed by atoms with Crippen molar-refractivity contribution in [1.82, 2.24) is 0 Å². The summed E-state index contributed by atoms with van der Waals surface area (Å²) in [5.41, 5.74) is 0.0120. The zero-order valence-electron chi connectivity index (χ0n) is 10.2. The second kappa shape index (κ2) is 6.74. The molecule has 0 aromatic heterocycles. The third-order valence-electron chi connectivity index (χ3n) is 2.24. The van der Waals surface area contributed by atoms with E-state index in [9.17, 15) is 13.2 Å². The largest absolute Gasteiger partial charge is 0.478 e. The average molecular weight is 308 g/mol. The summed E-state index contributed by atoms with van der Waals surface area (Å²) < 4.78 is 30.5. The first-order valence-corrected chi connectivity index (χ1v) is 7.41. The molecule has 0 atom stereocenters. The van der Waals surface area contributed by atoms with E-state index in [4.69, 9.17) is 21.4 Å². The van der Waals surface area contributed by atoms with Crippen LogP contribution in [-0.2, 0) is 14.8 Å². The lowest BCUT2D eigenvalue weighted by atomic mass is 10.2. The summed E-state index contributed by atoms with van der Waals surface area (Å²) in [6.07, 6.45) is 0.335. The molecule has 2 N–H and O–H groups in total. The van der Waals surface area contributed by atoms with Gasteiger partial charge in [0.2, 0.25) is 10.0 Å². The third kappa shape index (κ3) is 5.06. The number of methoxy groups -OCH3 is 1. The highest BCUT2D eigenvalue weighted by Gasteiger charge is 2.14. The summed E-state index contributed by atoms with van der Waals surface area (Å²) in [6, 6.07) is 3.81. The Morgan fingerprint density at radius 3 is 2.74 bits per heavy atom. The zero-order chi connectivity index (χ0) is 14.5. The standard InChI is InChI=1S/C11H14ClNO5S/c1-18-5-2-6-19(16,17)13-10-7-8(11(14)15)3-4-9(10)12/h3-4,7,13H,2,5-6H2,1H3,(H,14,15). The first-order chi connectivity index (χ1) is 8.85. The van der Waals surface area contributed by atoms with Crippen LogP contribution >= 0.6 is 11.6 Å². The number of hydrogen-bond acceptors (Lipinski definition) is 4. The molecule has 1 aromatic carbocycles. The number of hydrogen-bond donors (Lipinski definition) is 2. The van der Waals surface area contributed by atoms with Gasteiger partial charge in [-0.1, -0.05) is 11.6 Å². The minimum atomic E-state index is -3.58. The predicted molar refractivity (Wildman–Crippen MR) is 72.3 cm³/mol. The Bertz CT molecular complexity index is 558. The highest BCUT2D eigenvalue weighted by Crippen LogP contribution is 2.24. The van der Waals surface area contributed by atoms with E-state index in [-0.39, 0.29) is 22.0 Å². The summed E-state index contributed by atoms with van der Waals surface area (Å²) in [6.45, 7) is 0.323. The summed E-state index contributed by atoms with van der Waals surface area (Å²) in [4.78, 5) is 10.8. The molecule has 0 aliphatic carbocycles. The van der Waals surface area contributed by atoms with E-state index >= 15 is 0 Å². The molecule has 19 heavy (non-hydrogen) atoms. The lowest BCUT2D eigenvalue weighted by molar-refractivity contribution is 0.0697. The minimum Gasteiger partial charge on any atom is -0.478 e. The van der Waals surface area contributed by atoms with Crippen LogP contribution in [0.15, 0.2) is 18.2 Å². The third-order valence-corrected chi connectivity index (χ3v) is 3.93. The molecule has 0 heterocycles. The van der Waals surface area contributed by atoms with E-state index in [1.807, 2.05) is 0 Å². The number of carboxylic acid groups (broad SMARTS) is 1. The maximum atomic E-state index is 11.7. The van der Waals surface area contributed by atoms with Gasteiger partial charge in [0.25, 0.3) is 0 Å². The molecule has 0 fully saturated rings. The van der Waals surface area contributed by atoms with Gasteiger partial charge in [-0.05, 0) is 24.6 Å².